The van der Waals surface area contributed by atoms with Gasteiger partial charge in [-0.1, -0.05) is 23.8 Å². The number of nitrogens with two attached hydrogens (primary N) is 1. The molecule has 0 aliphatic heterocycles. The maximum atomic E-state index is 12.1. The number of aromatic amines is 1. The molecular formula is C13H10ClN3O2S. The van der Waals surface area contributed by atoms with Gasteiger partial charge in [0, 0.05) is 28.4 Å². The van der Waals surface area contributed by atoms with E-state index in [2.05, 4.69) is 10.3 Å². The number of aromatic nitrogens is 1. The molecule has 0 saturated heterocycles. The zero-order valence-electron chi connectivity index (χ0n) is 10.1. The molecular weight excluding hydrogens is 298 g/mol. The monoisotopic (exact) mass is 307 g/mol. The minimum Gasteiger partial charge on any atom is -0.389 e. The molecule has 102 valence electrons. The summed E-state index contributed by atoms with van der Waals surface area (Å²) in [6.45, 7) is 0. The van der Waals surface area contributed by atoms with Gasteiger partial charge in [0.05, 0.1) is 5.69 Å². The number of rotatable bonds is 3. The van der Waals surface area contributed by atoms with Gasteiger partial charge in [0.15, 0.2) is 0 Å². The molecule has 0 bridgehead atoms. The third-order valence-electron chi connectivity index (χ3n) is 2.53. The molecule has 0 aliphatic carbocycles. The van der Waals surface area contributed by atoms with Crippen LogP contribution in [-0.2, 0) is 0 Å². The topological polar surface area (TPSA) is 88.0 Å². The highest BCUT2D eigenvalue weighted by atomic mass is 35.5. The summed E-state index contributed by atoms with van der Waals surface area (Å²) in [6.07, 6.45) is 1.39. The Balaban J connectivity index is 2.34. The summed E-state index contributed by atoms with van der Waals surface area (Å²) in [6, 6.07) is 7.47. The Morgan fingerprint density at radius 3 is 2.70 bits per heavy atom. The number of hydrogen-bond acceptors (Lipinski definition) is 3. The van der Waals surface area contributed by atoms with Crippen molar-refractivity contribution in [2.75, 3.05) is 5.32 Å². The first-order valence-electron chi connectivity index (χ1n) is 5.57. The lowest BCUT2D eigenvalue weighted by atomic mass is 10.1. The Kier molecular flexibility index (Phi) is 4.16. The predicted octanol–water partition coefficient (Wildman–Crippen LogP) is 1.91. The van der Waals surface area contributed by atoms with Gasteiger partial charge >= 0.3 is 0 Å². The van der Waals surface area contributed by atoms with Crippen LogP contribution in [-0.4, -0.2) is 15.9 Å². The first kappa shape index (κ1) is 14.2. The Bertz CT molecular complexity index is 742. The summed E-state index contributed by atoms with van der Waals surface area (Å²) in [5, 5.41) is 3.07. The van der Waals surface area contributed by atoms with Crippen LogP contribution in [0.25, 0.3) is 0 Å². The number of anilines is 1. The molecule has 0 atom stereocenters. The van der Waals surface area contributed by atoms with Crippen molar-refractivity contribution >= 4 is 40.4 Å². The van der Waals surface area contributed by atoms with Crippen LogP contribution >= 0.6 is 23.8 Å². The van der Waals surface area contributed by atoms with Crippen LogP contribution in [0, 0.1) is 0 Å². The number of pyridine rings is 1. The average Bonchev–Trinajstić information content (AvgIpc) is 2.38. The number of carbonyl (C=O) groups excluding carboxylic acids is 1. The Morgan fingerprint density at radius 2 is 2.05 bits per heavy atom. The largest absolute Gasteiger partial charge is 0.389 e. The van der Waals surface area contributed by atoms with Crippen molar-refractivity contribution < 1.29 is 4.79 Å². The van der Waals surface area contributed by atoms with Gasteiger partial charge in [0.2, 0.25) is 5.56 Å². The molecule has 0 saturated carbocycles. The van der Waals surface area contributed by atoms with Crippen molar-refractivity contribution in [2.45, 2.75) is 0 Å². The highest BCUT2D eigenvalue weighted by molar-refractivity contribution is 7.80. The Labute approximate surface area is 124 Å². The quantitative estimate of drug-likeness (QED) is 0.756. The number of carbonyl (C=O) groups is 1. The van der Waals surface area contributed by atoms with Gasteiger partial charge in [-0.25, -0.2) is 0 Å². The lowest BCUT2D eigenvalue weighted by Gasteiger charge is -2.10. The molecule has 4 N–H and O–H groups in total. The fraction of sp³-hybridized carbons (Fsp3) is 0. The van der Waals surface area contributed by atoms with Crippen LogP contribution < -0.4 is 16.6 Å². The molecule has 5 nitrogen and oxygen atoms in total. The van der Waals surface area contributed by atoms with Crippen LogP contribution in [0.5, 0.6) is 0 Å². The Hall–Kier alpha value is -2.18. The van der Waals surface area contributed by atoms with Crippen LogP contribution in [0.2, 0.25) is 5.02 Å². The molecule has 0 spiro atoms. The fourth-order valence-electron chi connectivity index (χ4n) is 1.62. The molecule has 0 unspecified atom stereocenters. The minimum absolute atomic E-state index is 0.142. The molecule has 7 heteroatoms. The van der Waals surface area contributed by atoms with Gasteiger partial charge in [-0.2, -0.15) is 0 Å². The van der Waals surface area contributed by atoms with Gasteiger partial charge in [-0.15, -0.1) is 0 Å². The van der Waals surface area contributed by atoms with Gasteiger partial charge in [0.1, 0.15) is 4.99 Å². The lowest BCUT2D eigenvalue weighted by Crippen LogP contribution is -2.19. The van der Waals surface area contributed by atoms with E-state index in [1.54, 1.807) is 18.2 Å². The molecule has 1 heterocycles. The maximum absolute atomic E-state index is 12.1. The number of benzene rings is 1. The highest BCUT2D eigenvalue weighted by Crippen LogP contribution is 2.21. The number of hydrogen-bond donors (Lipinski definition) is 3. The van der Waals surface area contributed by atoms with Crippen molar-refractivity contribution in [1.29, 1.82) is 0 Å². The van der Waals surface area contributed by atoms with E-state index in [0.717, 1.165) is 0 Å². The van der Waals surface area contributed by atoms with E-state index in [4.69, 9.17) is 29.6 Å². The van der Waals surface area contributed by atoms with E-state index in [0.29, 0.717) is 16.3 Å². The number of thiocarbonyl (C=S) groups is 1. The summed E-state index contributed by atoms with van der Waals surface area (Å²) in [5.74, 6) is -0.448. The molecule has 1 aromatic carbocycles. The molecule has 1 amide bonds. The predicted molar refractivity (Wildman–Crippen MR) is 82.4 cm³/mol. The molecule has 0 radical (unpaired) electrons. The number of halogens is 1. The van der Waals surface area contributed by atoms with E-state index in [-0.39, 0.29) is 16.1 Å². The normalized spacial score (nSPS) is 10.1. The molecule has 2 rings (SSSR count). The highest BCUT2D eigenvalue weighted by Gasteiger charge is 2.11. The van der Waals surface area contributed by atoms with Crippen LogP contribution in [0.15, 0.2) is 41.3 Å². The minimum atomic E-state index is -0.448. The van der Waals surface area contributed by atoms with Crippen LogP contribution in [0.1, 0.15) is 15.9 Å². The van der Waals surface area contributed by atoms with E-state index >= 15 is 0 Å². The summed E-state index contributed by atoms with van der Waals surface area (Å²) in [4.78, 5) is 25.8. The van der Waals surface area contributed by atoms with E-state index in [1.807, 2.05) is 0 Å². The lowest BCUT2D eigenvalue weighted by molar-refractivity contribution is 0.102. The molecule has 0 fully saturated rings. The van der Waals surface area contributed by atoms with Crippen molar-refractivity contribution in [3.63, 3.8) is 0 Å². The average molecular weight is 308 g/mol. The first-order valence-corrected chi connectivity index (χ1v) is 6.35. The van der Waals surface area contributed by atoms with Crippen molar-refractivity contribution in [3.05, 3.63) is 63.0 Å². The number of nitrogens with one attached hydrogen (secondary N) is 2. The zero-order valence-corrected chi connectivity index (χ0v) is 11.7. The summed E-state index contributed by atoms with van der Waals surface area (Å²) in [5.41, 5.74) is 6.35. The number of amides is 1. The molecule has 0 aliphatic rings. The fourth-order valence-corrected chi connectivity index (χ4v) is 1.97. The first-order chi connectivity index (χ1) is 9.47. The van der Waals surface area contributed by atoms with Crippen LogP contribution in [0.3, 0.4) is 0 Å². The second kappa shape index (κ2) is 5.85. The standard InChI is InChI=1S/C13H10ClN3O2S/c14-8-1-2-9(12(15)20)10(6-8)17-13(19)7-3-4-16-11(18)5-7/h1-6H,(H2,15,20)(H,16,18)(H,17,19). The molecule has 1 aromatic heterocycles. The Morgan fingerprint density at radius 1 is 1.30 bits per heavy atom. The van der Waals surface area contributed by atoms with Gasteiger partial charge in [-0.05, 0) is 24.3 Å². The maximum Gasteiger partial charge on any atom is 0.255 e. The van der Waals surface area contributed by atoms with E-state index in [9.17, 15) is 9.59 Å². The summed E-state index contributed by atoms with van der Waals surface area (Å²) >= 11 is 10.8. The third kappa shape index (κ3) is 3.23. The SMILES string of the molecule is NC(=S)c1ccc(Cl)cc1NC(=O)c1cc[nH]c(=O)c1. The smallest absolute Gasteiger partial charge is 0.255 e. The van der Waals surface area contributed by atoms with Gasteiger partial charge < -0.3 is 16.0 Å². The molecule has 20 heavy (non-hydrogen) atoms. The molecule has 2 aromatic rings. The van der Waals surface area contributed by atoms with Crippen molar-refractivity contribution in [2.24, 2.45) is 5.73 Å². The van der Waals surface area contributed by atoms with Crippen molar-refractivity contribution in [1.82, 2.24) is 4.98 Å². The van der Waals surface area contributed by atoms with Crippen LogP contribution in [0.4, 0.5) is 5.69 Å². The third-order valence-corrected chi connectivity index (χ3v) is 2.99. The second-order valence-corrected chi connectivity index (χ2v) is 4.83. The van der Waals surface area contributed by atoms with Gasteiger partial charge in [0.25, 0.3) is 5.91 Å². The second-order valence-electron chi connectivity index (χ2n) is 3.95. The van der Waals surface area contributed by atoms with E-state index < -0.39 is 5.91 Å². The van der Waals surface area contributed by atoms with Crippen molar-refractivity contribution in [3.8, 4) is 0 Å². The summed E-state index contributed by atoms with van der Waals surface area (Å²) in [7, 11) is 0. The zero-order chi connectivity index (χ0) is 14.7. The number of H-pyrrole nitrogens is 1. The summed E-state index contributed by atoms with van der Waals surface area (Å²) < 4.78 is 0. The van der Waals surface area contributed by atoms with Gasteiger partial charge in [-0.3, -0.25) is 9.59 Å². The van der Waals surface area contributed by atoms with E-state index in [1.165, 1.54) is 18.3 Å².